The van der Waals surface area contributed by atoms with E-state index >= 15 is 0 Å². The Morgan fingerprint density at radius 3 is 2.74 bits per heavy atom. The predicted molar refractivity (Wildman–Crippen MR) is 73.4 cm³/mol. The van der Waals surface area contributed by atoms with Crippen LogP contribution in [0.5, 0.6) is 0 Å². The highest BCUT2D eigenvalue weighted by Gasteiger charge is 2.12. The highest BCUT2D eigenvalue weighted by molar-refractivity contribution is 5.92. The molecule has 0 radical (unpaired) electrons. The molecule has 0 unspecified atom stereocenters. The standard InChI is InChI=1S/C13H21N3O3/c1-15(2)13(18)12-10-11(4-5-14-12)16(6-8-17)7-9-19-3/h4-5,10,17H,6-9H2,1-3H3. The van der Waals surface area contributed by atoms with E-state index in [9.17, 15) is 4.79 Å². The molecule has 1 heterocycles. The summed E-state index contributed by atoms with van der Waals surface area (Å²) in [5.41, 5.74) is 1.24. The molecule has 0 saturated heterocycles. The Labute approximate surface area is 113 Å². The summed E-state index contributed by atoms with van der Waals surface area (Å²) in [4.78, 5) is 19.4. The molecule has 0 fully saturated rings. The first-order valence-electron chi connectivity index (χ1n) is 6.12. The van der Waals surface area contributed by atoms with Crippen molar-refractivity contribution in [1.82, 2.24) is 9.88 Å². The Hall–Kier alpha value is -1.66. The van der Waals surface area contributed by atoms with Crippen molar-refractivity contribution >= 4 is 11.6 Å². The van der Waals surface area contributed by atoms with Crippen LogP contribution in [0.1, 0.15) is 10.5 Å². The van der Waals surface area contributed by atoms with Gasteiger partial charge >= 0.3 is 0 Å². The van der Waals surface area contributed by atoms with Crippen molar-refractivity contribution in [1.29, 1.82) is 0 Å². The van der Waals surface area contributed by atoms with Gasteiger partial charge < -0.3 is 19.6 Å². The number of ether oxygens (including phenoxy) is 1. The quantitative estimate of drug-likeness (QED) is 0.766. The van der Waals surface area contributed by atoms with E-state index in [0.29, 0.717) is 25.4 Å². The predicted octanol–water partition coefficient (Wildman–Crippen LogP) is 0.229. The number of carbonyl (C=O) groups is 1. The third-order valence-electron chi connectivity index (χ3n) is 2.67. The second-order valence-corrected chi connectivity index (χ2v) is 4.30. The zero-order valence-corrected chi connectivity index (χ0v) is 11.7. The minimum absolute atomic E-state index is 0.0446. The summed E-state index contributed by atoms with van der Waals surface area (Å²) in [6.07, 6.45) is 1.60. The number of hydrogen-bond donors (Lipinski definition) is 1. The lowest BCUT2D eigenvalue weighted by molar-refractivity contribution is 0.0822. The van der Waals surface area contributed by atoms with Gasteiger partial charge in [-0.15, -0.1) is 0 Å². The van der Waals surface area contributed by atoms with Crippen LogP contribution < -0.4 is 4.90 Å². The number of rotatable bonds is 7. The van der Waals surface area contributed by atoms with Crippen molar-refractivity contribution in [3.8, 4) is 0 Å². The van der Waals surface area contributed by atoms with Crippen LogP contribution in [0, 0.1) is 0 Å². The number of methoxy groups -OCH3 is 1. The van der Waals surface area contributed by atoms with E-state index < -0.39 is 0 Å². The molecule has 1 rings (SSSR count). The average Bonchev–Trinajstić information content (AvgIpc) is 2.42. The lowest BCUT2D eigenvalue weighted by atomic mass is 10.2. The molecule has 0 atom stereocenters. The van der Waals surface area contributed by atoms with Gasteiger partial charge in [-0.05, 0) is 12.1 Å². The number of nitrogens with zero attached hydrogens (tertiary/aromatic N) is 3. The van der Waals surface area contributed by atoms with Crippen LogP contribution in [-0.4, -0.2) is 68.4 Å². The van der Waals surface area contributed by atoms with E-state index in [0.717, 1.165) is 5.69 Å². The van der Waals surface area contributed by atoms with Crippen molar-refractivity contribution in [2.75, 3.05) is 52.4 Å². The van der Waals surface area contributed by atoms with E-state index in [1.54, 1.807) is 33.5 Å². The molecule has 19 heavy (non-hydrogen) atoms. The van der Waals surface area contributed by atoms with Gasteiger partial charge in [-0.3, -0.25) is 9.78 Å². The molecular formula is C13H21N3O3. The number of pyridine rings is 1. The number of aromatic nitrogens is 1. The second kappa shape index (κ2) is 7.70. The summed E-state index contributed by atoms with van der Waals surface area (Å²) < 4.78 is 5.04. The summed E-state index contributed by atoms with van der Waals surface area (Å²) in [5.74, 6) is -0.141. The first-order chi connectivity index (χ1) is 9.10. The van der Waals surface area contributed by atoms with Crippen molar-refractivity contribution in [3.63, 3.8) is 0 Å². The zero-order valence-electron chi connectivity index (χ0n) is 11.7. The zero-order chi connectivity index (χ0) is 14.3. The lowest BCUT2D eigenvalue weighted by Gasteiger charge is -2.24. The Morgan fingerprint density at radius 2 is 2.16 bits per heavy atom. The van der Waals surface area contributed by atoms with Crippen molar-refractivity contribution < 1.29 is 14.6 Å². The number of hydrogen-bond acceptors (Lipinski definition) is 5. The van der Waals surface area contributed by atoms with Crippen molar-refractivity contribution in [2.45, 2.75) is 0 Å². The van der Waals surface area contributed by atoms with E-state index in [1.807, 2.05) is 11.0 Å². The van der Waals surface area contributed by atoms with Gasteiger partial charge in [0.15, 0.2) is 0 Å². The monoisotopic (exact) mass is 267 g/mol. The van der Waals surface area contributed by atoms with Crippen LogP contribution in [0.25, 0.3) is 0 Å². The number of amides is 1. The summed E-state index contributed by atoms with van der Waals surface area (Å²) >= 11 is 0. The van der Waals surface area contributed by atoms with Crippen LogP contribution in [0.15, 0.2) is 18.3 Å². The van der Waals surface area contributed by atoms with Gasteiger partial charge in [0.2, 0.25) is 0 Å². The molecule has 1 amide bonds. The topological polar surface area (TPSA) is 65.9 Å². The molecule has 6 heteroatoms. The highest BCUT2D eigenvalue weighted by atomic mass is 16.5. The van der Waals surface area contributed by atoms with E-state index in [2.05, 4.69) is 4.98 Å². The highest BCUT2D eigenvalue weighted by Crippen LogP contribution is 2.15. The summed E-state index contributed by atoms with van der Waals surface area (Å²) in [5, 5.41) is 9.09. The molecule has 0 aliphatic carbocycles. The molecular weight excluding hydrogens is 246 g/mol. The third-order valence-corrected chi connectivity index (χ3v) is 2.67. The normalized spacial score (nSPS) is 10.3. The van der Waals surface area contributed by atoms with Gasteiger partial charge in [-0.1, -0.05) is 0 Å². The summed E-state index contributed by atoms with van der Waals surface area (Å²) in [6.45, 7) is 1.74. The number of aliphatic hydroxyl groups is 1. The number of carbonyl (C=O) groups excluding carboxylic acids is 1. The first kappa shape index (κ1) is 15.4. The fourth-order valence-corrected chi connectivity index (χ4v) is 1.65. The van der Waals surface area contributed by atoms with Gasteiger partial charge in [0.05, 0.1) is 13.2 Å². The first-order valence-corrected chi connectivity index (χ1v) is 6.12. The molecule has 0 bridgehead atoms. The fraction of sp³-hybridized carbons (Fsp3) is 0.538. The van der Waals surface area contributed by atoms with E-state index in [-0.39, 0.29) is 12.5 Å². The van der Waals surface area contributed by atoms with Crippen LogP contribution in [0.2, 0.25) is 0 Å². The minimum Gasteiger partial charge on any atom is -0.395 e. The fourth-order valence-electron chi connectivity index (χ4n) is 1.65. The van der Waals surface area contributed by atoms with Gasteiger partial charge in [0.25, 0.3) is 5.91 Å². The summed E-state index contributed by atoms with van der Waals surface area (Å²) in [6, 6.07) is 3.55. The summed E-state index contributed by atoms with van der Waals surface area (Å²) in [7, 11) is 5.00. The van der Waals surface area contributed by atoms with Gasteiger partial charge in [-0.25, -0.2) is 0 Å². The molecule has 106 valence electrons. The van der Waals surface area contributed by atoms with Gasteiger partial charge in [0.1, 0.15) is 5.69 Å². The maximum absolute atomic E-state index is 11.9. The number of aliphatic hydroxyl groups excluding tert-OH is 1. The average molecular weight is 267 g/mol. The Bertz CT molecular complexity index is 410. The Balaban J connectivity index is 2.90. The van der Waals surface area contributed by atoms with Crippen LogP contribution in [0.4, 0.5) is 5.69 Å². The van der Waals surface area contributed by atoms with Gasteiger partial charge in [0, 0.05) is 46.2 Å². The van der Waals surface area contributed by atoms with Crippen molar-refractivity contribution in [2.24, 2.45) is 0 Å². The number of anilines is 1. The molecule has 6 nitrogen and oxygen atoms in total. The lowest BCUT2D eigenvalue weighted by Crippen LogP contribution is -2.30. The molecule has 0 aromatic carbocycles. The van der Waals surface area contributed by atoms with E-state index in [4.69, 9.17) is 9.84 Å². The maximum atomic E-state index is 11.9. The molecule has 0 saturated carbocycles. The Kier molecular flexibility index (Phi) is 6.24. The van der Waals surface area contributed by atoms with Crippen LogP contribution >= 0.6 is 0 Å². The molecule has 0 spiro atoms. The molecule has 0 aliphatic rings. The minimum atomic E-state index is -0.141. The molecule has 1 aromatic rings. The SMILES string of the molecule is COCCN(CCO)c1ccnc(C(=O)N(C)C)c1. The molecule has 1 aromatic heterocycles. The largest absolute Gasteiger partial charge is 0.395 e. The molecule has 1 N–H and O–H groups in total. The smallest absolute Gasteiger partial charge is 0.272 e. The third kappa shape index (κ3) is 4.50. The van der Waals surface area contributed by atoms with Gasteiger partial charge in [-0.2, -0.15) is 0 Å². The van der Waals surface area contributed by atoms with Crippen molar-refractivity contribution in [3.05, 3.63) is 24.0 Å². The Morgan fingerprint density at radius 1 is 1.42 bits per heavy atom. The maximum Gasteiger partial charge on any atom is 0.272 e. The van der Waals surface area contributed by atoms with Crippen LogP contribution in [0.3, 0.4) is 0 Å². The van der Waals surface area contributed by atoms with E-state index in [1.165, 1.54) is 4.90 Å². The van der Waals surface area contributed by atoms with Crippen LogP contribution in [-0.2, 0) is 4.74 Å². The molecule has 0 aliphatic heterocycles. The second-order valence-electron chi connectivity index (χ2n) is 4.30.